The average molecular weight is 390 g/mol. The molecule has 0 fully saturated rings. The van der Waals surface area contributed by atoms with Crippen molar-refractivity contribution in [2.45, 2.75) is 34.5 Å². The van der Waals surface area contributed by atoms with E-state index in [9.17, 15) is 4.79 Å². The summed E-state index contributed by atoms with van der Waals surface area (Å²) in [5.74, 6) is 0.935. The number of benzene rings is 3. The normalized spacial score (nSPS) is 10.6. The van der Waals surface area contributed by atoms with E-state index in [0.29, 0.717) is 25.0 Å². The van der Waals surface area contributed by atoms with Crippen LogP contribution in [0.1, 0.15) is 19.8 Å². The first-order valence-corrected chi connectivity index (χ1v) is 10.6. The van der Waals surface area contributed by atoms with Crippen LogP contribution in [0.3, 0.4) is 0 Å². The summed E-state index contributed by atoms with van der Waals surface area (Å²) < 4.78 is 5.80. The second-order valence-corrected chi connectivity index (χ2v) is 8.59. The van der Waals surface area contributed by atoms with Gasteiger partial charge in [-0.25, -0.2) is 0 Å². The summed E-state index contributed by atoms with van der Waals surface area (Å²) in [7, 11) is -0.152. The third-order valence-corrected chi connectivity index (χ3v) is 6.54. The van der Waals surface area contributed by atoms with E-state index in [0.717, 1.165) is 5.75 Å². The van der Waals surface area contributed by atoms with Gasteiger partial charge < -0.3 is 4.74 Å². The van der Waals surface area contributed by atoms with Crippen molar-refractivity contribution in [2.24, 2.45) is 0 Å². The maximum absolute atomic E-state index is 11.6. The fourth-order valence-corrected chi connectivity index (χ4v) is 4.91. The highest BCUT2D eigenvalue weighted by atomic mass is 32.2. The van der Waals surface area contributed by atoms with Crippen LogP contribution in [0.5, 0.6) is 5.75 Å². The molecule has 0 saturated carbocycles. The smallest absolute Gasteiger partial charge is 0.166 e. The number of allylic oxidation sites excluding steroid dienone is 1. The van der Waals surface area contributed by atoms with Crippen LogP contribution in [0.4, 0.5) is 0 Å². The van der Waals surface area contributed by atoms with Crippen molar-refractivity contribution in [3.63, 3.8) is 0 Å². The first-order chi connectivity index (χ1) is 13.6. The molecule has 0 unspecified atom stereocenters. The Morgan fingerprint density at radius 2 is 1.32 bits per heavy atom. The van der Waals surface area contributed by atoms with Crippen LogP contribution >= 0.6 is 0 Å². The summed E-state index contributed by atoms with van der Waals surface area (Å²) in [4.78, 5) is 15.4. The van der Waals surface area contributed by atoms with Crippen molar-refractivity contribution in [1.29, 1.82) is 0 Å². The molecule has 0 aromatic heterocycles. The third kappa shape index (κ3) is 5.37. The van der Waals surface area contributed by atoms with E-state index in [2.05, 4.69) is 67.2 Å². The summed E-state index contributed by atoms with van der Waals surface area (Å²) in [6.45, 7) is 5.96. The van der Waals surface area contributed by atoms with Gasteiger partial charge in [0.25, 0.3) is 0 Å². The average Bonchev–Trinajstić information content (AvgIpc) is 2.74. The van der Waals surface area contributed by atoms with E-state index in [1.807, 2.05) is 24.3 Å². The summed E-state index contributed by atoms with van der Waals surface area (Å²) in [5.41, 5.74) is 0.609. The number of ether oxygens (including phenoxy) is 1. The minimum Gasteiger partial charge on any atom is -0.494 e. The summed E-state index contributed by atoms with van der Waals surface area (Å²) in [6.07, 6.45) is 1.19. The molecule has 0 saturated heterocycles. The number of rotatable bonds is 9. The van der Waals surface area contributed by atoms with Crippen molar-refractivity contribution in [3.05, 3.63) is 97.1 Å². The number of hydrogen-bond acceptors (Lipinski definition) is 2. The SMILES string of the molecule is C=C(C)C(=O)CCCOc1ccc([S+](c2ccccc2)c2ccccc2)cc1. The number of carbonyl (C=O) groups is 1. The van der Waals surface area contributed by atoms with E-state index in [1.54, 1.807) is 6.92 Å². The molecule has 0 heterocycles. The van der Waals surface area contributed by atoms with E-state index in [1.165, 1.54) is 14.7 Å². The van der Waals surface area contributed by atoms with Crippen LogP contribution in [-0.2, 0) is 15.7 Å². The molecule has 0 amide bonds. The van der Waals surface area contributed by atoms with Gasteiger partial charge in [0.05, 0.1) is 17.5 Å². The maximum Gasteiger partial charge on any atom is 0.166 e. The van der Waals surface area contributed by atoms with Gasteiger partial charge in [0.1, 0.15) is 5.75 Å². The number of hydrogen-bond donors (Lipinski definition) is 0. The van der Waals surface area contributed by atoms with Gasteiger partial charge in [0.15, 0.2) is 20.5 Å². The molecule has 0 N–H and O–H groups in total. The topological polar surface area (TPSA) is 26.3 Å². The highest BCUT2D eigenvalue weighted by Gasteiger charge is 2.28. The molecule has 0 bridgehead atoms. The lowest BCUT2D eigenvalue weighted by molar-refractivity contribution is -0.115. The van der Waals surface area contributed by atoms with Crippen LogP contribution in [0.15, 0.2) is 112 Å². The zero-order valence-corrected chi connectivity index (χ0v) is 17.0. The van der Waals surface area contributed by atoms with Crippen molar-refractivity contribution in [2.75, 3.05) is 6.61 Å². The second kappa shape index (κ2) is 9.95. The van der Waals surface area contributed by atoms with Crippen LogP contribution < -0.4 is 4.74 Å². The van der Waals surface area contributed by atoms with Gasteiger partial charge in [0, 0.05) is 6.42 Å². The Labute approximate surface area is 170 Å². The summed E-state index contributed by atoms with van der Waals surface area (Å²) in [5, 5.41) is 0. The first kappa shape index (κ1) is 20.0. The molecule has 0 radical (unpaired) electrons. The molecule has 142 valence electrons. The Kier molecular flexibility index (Phi) is 7.10. The zero-order chi connectivity index (χ0) is 19.8. The third-order valence-electron chi connectivity index (χ3n) is 4.31. The van der Waals surface area contributed by atoms with Crippen LogP contribution in [0, 0.1) is 0 Å². The Balaban J connectivity index is 1.71. The zero-order valence-electron chi connectivity index (χ0n) is 16.1. The Morgan fingerprint density at radius 3 is 1.82 bits per heavy atom. The first-order valence-electron chi connectivity index (χ1n) is 9.41. The minimum atomic E-state index is -0.152. The lowest BCUT2D eigenvalue weighted by Gasteiger charge is -2.09. The number of ketones is 1. The predicted molar refractivity (Wildman–Crippen MR) is 116 cm³/mol. The quantitative estimate of drug-likeness (QED) is 0.252. The van der Waals surface area contributed by atoms with E-state index in [-0.39, 0.29) is 16.7 Å². The van der Waals surface area contributed by atoms with E-state index < -0.39 is 0 Å². The van der Waals surface area contributed by atoms with Gasteiger partial charge in [-0.05, 0) is 67.4 Å². The molecular formula is C25H25O2S+. The second-order valence-electron chi connectivity index (χ2n) is 6.56. The van der Waals surface area contributed by atoms with Crippen LogP contribution in [0.25, 0.3) is 0 Å². The van der Waals surface area contributed by atoms with E-state index in [4.69, 9.17) is 4.74 Å². The fraction of sp³-hybridized carbons (Fsp3) is 0.160. The van der Waals surface area contributed by atoms with Crippen molar-refractivity contribution in [1.82, 2.24) is 0 Å². The van der Waals surface area contributed by atoms with Crippen molar-refractivity contribution in [3.8, 4) is 5.75 Å². The molecule has 3 heteroatoms. The molecule has 28 heavy (non-hydrogen) atoms. The van der Waals surface area contributed by atoms with Gasteiger partial charge in [0.2, 0.25) is 0 Å². The Morgan fingerprint density at radius 1 is 0.821 bits per heavy atom. The molecule has 3 aromatic rings. The summed E-state index contributed by atoms with van der Waals surface area (Å²) >= 11 is 0. The summed E-state index contributed by atoms with van der Waals surface area (Å²) in [6, 6.07) is 29.5. The standard InChI is InChI=1S/C25H25O2S/c1-20(2)25(26)14-9-19-27-21-15-17-24(18-16-21)28(22-10-5-3-6-11-22)23-12-7-4-8-13-23/h3-8,10-13,15-18H,1,9,14,19H2,2H3/q+1. The van der Waals surface area contributed by atoms with Gasteiger partial charge in [-0.1, -0.05) is 43.0 Å². The highest BCUT2D eigenvalue weighted by molar-refractivity contribution is 7.97. The van der Waals surface area contributed by atoms with Crippen LogP contribution in [0.2, 0.25) is 0 Å². The largest absolute Gasteiger partial charge is 0.494 e. The minimum absolute atomic E-state index is 0.105. The molecular weight excluding hydrogens is 364 g/mol. The van der Waals surface area contributed by atoms with E-state index >= 15 is 0 Å². The molecule has 2 nitrogen and oxygen atoms in total. The van der Waals surface area contributed by atoms with Crippen LogP contribution in [-0.4, -0.2) is 12.4 Å². The number of Topliss-reactive ketones (excluding diaryl/α,β-unsaturated/α-hetero) is 1. The lowest BCUT2D eigenvalue weighted by Crippen LogP contribution is -2.05. The fourth-order valence-electron chi connectivity index (χ4n) is 2.83. The molecule has 3 rings (SSSR count). The van der Waals surface area contributed by atoms with Crippen molar-refractivity contribution >= 4 is 16.7 Å². The number of carbonyl (C=O) groups excluding carboxylic acids is 1. The predicted octanol–water partition coefficient (Wildman–Crippen LogP) is 6.09. The molecule has 3 aromatic carbocycles. The lowest BCUT2D eigenvalue weighted by atomic mass is 10.1. The van der Waals surface area contributed by atoms with Gasteiger partial charge >= 0.3 is 0 Å². The van der Waals surface area contributed by atoms with Gasteiger partial charge in [-0.2, -0.15) is 0 Å². The van der Waals surface area contributed by atoms with Crippen molar-refractivity contribution < 1.29 is 9.53 Å². The molecule has 0 aliphatic rings. The molecule has 0 atom stereocenters. The Hall–Kier alpha value is -2.78. The maximum atomic E-state index is 11.6. The van der Waals surface area contributed by atoms with Gasteiger partial charge in [-0.3, -0.25) is 4.79 Å². The Bertz CT molecular complexity index is 863. The monoisotopic (exact) mass is 389 g/mol. The highest BCUT2D eigenvalue weighted by Crippen LogP contribution is 2.31. The molecule has 0 spiro atoms. The van der Waals surface area contributed by atoms with Gasteiger partial charge in [-0.15, -0.1) is 0 Å². The molecule has 0 aliphatic heterocycles. The molecule has 0 aliphatic carbocycles.